The van der Waals surface area contributed by atoms with Gasteiger partial charge in [0.05, 0.1) is 17.4 Å². The Morgan fingerprint density at radius 1 is 1.11 bits per heavy atom. The third-order valence-electron chi connectivity index (χ3n) is 3.03. The Hall–Kier alpha value is -2.33. The van der Waals surface area contributed by atoms with Crippen molar-refractivity contribution >= 4 is 10.9 Å². The van der Waals surface area contributed by atoms with Crippen molar-refractivity contribution in [2.24, 2.45) is 0 Å². The maximum absolute atomic E-state index is 10.3. The lowest BCUT2D eigenvalue weighted by Gasteiger charge is -2.10. The van der Waals surface area contributed by atoms with Gasteiger partial charge in [0.1, 0.15) is 6.10 Å². The van der Waals surface area contributed by atoms with Gasteiger partial charge in [-0.3, -0.25) is 15.0 Å². The van der Waals surface area contributed by atoms with Crippen LogP contribution in [0.25, 0.3) is 10.9 Å². The quantitative estimate of drug-likeness (QED) is 0.760. The number of benzene rings is 1. The molecule has 0 aliphatic heterocycles. The number of hydrogen-bond donors (Lipinski definition) is 1. The summed E-state index contributed by atoms with van der Waals surface area (Å²) in [4.78, 5) is 12.5. The normalized spacial score (nSPS) is 12.5. The summed E-state index contributed by atoms with van der Waals surface area (Å²) in [6.07, 6.45) is 3.97. The number of aromatic nitrogens is 3. The summed E-state index contributed by atoms with van der Waals surface area (Å²) in [5, 5.41) is 11.3. The first-order valence-electron chi connectivity index (χ1n) is 6.05. The minimum Gasteiger partial charge on any atom is -0.382 e. The molecule has 19 heavy (non-hydrogen) atoms. The molecule has 3 aromatic rings. The third kappa shape index (κ3) is 2.30. The van der Waals surface area contributed by atoms with Crippen LogP contribution in [-0.2, 0) is 0 Å². The molecule has 1 aromatic carbocycles. The number of nitrogens with zero attached hydrogens (tertiary/aromatic N) is 3. The monoisotopic (exact) mass is 251 g/mol. The fraction of sp³-hybridized carbons (Fsp3) is 0.133. The number of pyridine rings is 1. The predicted octanol–water partition coefficient (Wildman–Crippen LogP) is 2.41. The Bertz CT molecular complexity index is 713. The van der Waals surface area contributed by atoms with Crippen LogP contribution in [0.1, 0.15) is 23.1 Å². The Morgan fingerprint density at radius 3 is 2.79 bits per heavy atom. The molecule has 0 bridgehead atoms. The van der Waals surface area contributed by atoms with Crippen LogP contribution in [0, 0.1) is 6.92 Å². The smallest absolute Gasteiger partial charge is 0.123 e. The molecule has 94 valence electrons. The van der Waals surface area contributed by atoms with Gasteiger partial charge >= 0.3 is 0 Å². The van der Waals surface area contributed by atoms with E-state index in [4.69, 9.17) is 0 Å². The van der Waals surface area contributed by atoms with Gasteiger partial charge in [0.15, 0.2) is 0 Å². The Balaban J connectivity index is 2.04. The fourth-order valence-corrected chi connectivity index (χ4v) is 2.04. The number of fused-ring (bicyclic) bond motifs is 1. The SMILES string of the molecule is Cc1ccc2cc(C(O)c3cnccn3)ccc2n1. The lowest BCUT2D eigenvalue weighted by molar-refractivity contribution is 0.215. The van der Waals surface area contributed by atoms with Crippen LogP contribution in [0.3, 0.4) is 0 Å². The summed E-state index contributed by atoms with van der Waals surface area (Å²) in [6, 6.07) is 9.68. The molecule has 2 aromatic heterocycles. The maximum atomic E-state index is 10.3. The second kappa shape index (κ2) is 4.74. The summed E-state index contributed by atoms with van der Waals surface area (Å²) in [5.41, 5.74) is 3.24. The van der Waals surface area contributed by atoms with Gasteiger partial charge < -0.3 is 5.11 Å². The standard InChI is InChI=1S/C15H13N3O/c1-10-2-3-11-8-12(4-5-13(11)18-10)15(19)14-9-16-6-7-17-14/h2-9,15,19H,1H3. The van der Waals surface area contributed by atoms with Crippen LogP contribution < -0.4 is 0 Å². The zero-order chi connectivity index (χ0) is 13.2. The molecule has 1 N–H and O–H groups in total. The Kier molecular flexibility index (Phi) is 2.93. The van der Waals surface area contributed by atoms with Crippen LogP contribution in [-0.4, -0.2) is 20.1 Å². The minimum absolute atomic E-state index is 0.543. The average molecular weight is 251 g/mol. The van der Waals surface area contributed by atoms with Crippen LogP contribution in [0.2, 0.25) is 0 Å². The molecule has 2 heterocycles. The van der Waals surface area contributed by atoms with Crippen LogP contribution >= 0.6 is 0 Å². The zero-order valence-corrected chi connectivity index (χ0v) is 10.5. The molecule has 0 fully saturated rings. The predicted molar refractivity (Wildman–Crippen MR) is 72.6 cm³/mol. The van der Waals surface area contributed by atoms with Gasteiger partial charge in [0, 0.05) is 23.5 Å². The van der Waals surface area contributed by atoms with Crippen LogP contribution in [0.5, 0.6) is 0 Å². The number of hydrogen-bond acceptors (Lipinski definition) is 4. The van der Waals surface area contributed by atoms with E-state index in [0.29, 0.717) is 5.69 Å². The van der Waals surface area contributed by atoms with E-state index in [0.717, 1.165) is 22.2 Å². The highest BCUT2D eigenvalue weighted by Gasteiger charge is 2.12. The topological polar surface area (TPSA) is 58.9 Å². The summed E-state index contributed by atoms with van der Waals surface area (Å²) in [5.74, 6) is 0. The molecule has 1 atom stereocenters. The number of aliphatic hydroxyl groups is 1. The molecule has 0 saturated carbocycles. The highest BCUT2D eigenvalue weighted by Crippen LogP contribution is 2.23. The molecule has 0 aliphatic rings. The lowest BCUT2D eigenvalue weighted by Crippen LogP contribution is -2.02. The first-order valence-corrected chi connectivity index (χ1v) is 6.05. The molecule has 0 radical (unpaired) electrons. The van der Waals surface area contributed by atoms with E-state index in [1.54, 1.807) is 18.6 Å². The molecular weight excluding hydrogens is 238 g/mol. The van der Waals surface area contributed by atoms with Gasteiger partial charge in [0.25, 0.3) is 0 Å². The first-order chi connectivity index (χ1) is 9.24. The molecule has 4 heteroatoms. The first kappa shape index (κ1) is 11.7. The number of aliphatic hydroxyl groups excluding tert-OH is 1. The largest absolute Gasteiger partial charge is 0.382 e. The van der Waals surface area contributed by atoms with Crippen molar-refractivity contribution in [2.75, 3.05) is 0 Å². The molecule has 0 saturated heterocycles. The molecule has 4 nitrogen and oxygen atoms in total. The summed E-state index contributed by atoms with van der Waals surface area (Å²) in [6.45, 7) is 1.96. The number of rotatable bonds is 2. The summed E-state index contributed by atoms with van der Waals surface area (Å²) in [7, 11) is 0. The molecular formula is C15H13N3O. The van der Waals surface area contributed by atoms with E-state index in [1.165, 1.54) is 0 Å². The van der Waals surface area contributed by atoms with E-state index < -0.39 is 6.10 Å². The van der Waals surface area contributed by atoms with E-state index in [9.17, 15) is 5.11 Å². The van der Waals surface area contributed by atoms with Crippen molar-refractivity contribution in [3.8, 4) is 0 Å². The van der Waals surface area contributed by atoms with E-state index in [1.807, 2.05) is 37.3 Å². The molecule has 1 unspecified atom stereocenters. The second-order valence-corrected chi connectivity index (χ2v) is 4.44. The van der Waals surface area contributed by atoms with Crippen molar-refractivity contribution in [1.82, 2.24) is 15.0 Å². The molecule has 0 spiro atoms. The fourth-order valence-electron chi connectivity index (χ4n) is 2.04. The molecule has 3 rings (SSSR count). The third-order valence-corrected chi connectivity index (χ3v) is 3.03. The number of aryl methyl sites for hydroxylation is 1. The Labute approximate surface area is 110 Å². The summed E-state index contributed by atoms with van der Waals surface area (Å²) >= 11 is 0. The van der Waals surface area contributed by atoms with Gasteiger partial charge in [-0.2, -0.15) is 0 Å². The molecule has 0 aliphatic carbocycles. The van der Waals surface area contributed by atoms with Crippen LogP contribution in [0.4, 0.5) is 0 Å². The van der Waals surface area contributed by atoms with Crippen molar-refractivity contribution in [1.29, 1.82) is 0 Å². The van der Waals surface area contributed by atoms with E-state index in [2.05, 4.69) is 15.0 Å². The molecule has 0 amide bonds. The summed E-state index contributed by atoms with van der Waals surface area (Å²) < 4.78 is 0. The maximum Gasteiger partial charge on any atom is 0.123 e. The minimum atomic E-state index is -0.764. The zero-order valence-electron chi connectivity index (χ0n) is 10.5. The van der Waals surface area contributed by atoms with E-state index >= 15 is 0 Å². The van der Waals surface area contributed by atoms with Crippen molar-refractivity contribution < 1.29 is 5.11 Å². The van der Waals surface area contributed by atoms with Gasteiger partial charge in [-0.25, -0.2) is 0 Å². The Morgan fingerprint density at radius 2 is 2.00 bits per heavy atom. The highest BCUT2D eigenvalue weighted by atomic mass is 16.3. The van der Waals surface area contributed by atoms with Gasteiger partial charge in [-0.15, -0.1) is 0 Å². The highest BCUT2D eigenvalue weighted by molar-refractivity contribution is 5.79. The van der Waals surface area contributed by atoms with E-state index in [-0.39, 0.29) is 0 Å². The van der Waals surface area contributed by atoms with Gasteiger partial charge in [0.2, 0.25) is 0 Å². The lowest BCUT2D eigenvalue weighted by atomic mass is 10.0. The van der Waals surface area contributed by atoms with Crippen LogP contribution in [0.15, 0.2) is 48.9 Å². The second-order valence-electron chi connectivity index (χ2n) is 4.44. The van der Waals surface area contributed by atoms with Gasteiger partial charge in [-0.05, 0) is 30.7 Å². The average Bonchev–Trinajstić information content (AvgIpc) is 2.47. The van der Waals surface area contributed by atoms with Crippen molar-refractivity contribution in [3.05, 3.63) is 65.9 Å². The van der Waals surface area contributed by atoms with Crippen molar-refractivity contribution in [3.63, 3.8) is 0 Å². The van der Waals surface area contributed by atoms with Gasteiger partial charge in [-0.1, -0.05) is 12.1 Å². The van der Waals surface area contributed by atoms with Crippen molar-refractivity contribution in [2.45, 2.75) is 13.0 Å².